The third-order valence-corrected chi connectivity index (χ3v) is 4.91. The molecule has 6 heteroatoms. The molecule has 1 fully saturated rings. The number of carbonyl (C=O) groups is 2. The van der Waals surface area contributed by atoms with Gasteiger partial charge in [-0.25, -0.2) is 0 Å². The van der Waals surface area contributed by atoms with E-state index in [1.807, 2.05) is 30.0 Å². The number of anilines is 2. The van der Waals surface area contributed by atoms with Crippen LogP contribution in [0.1, 0.15) is 52.4 Å². The molecule has 0 aliphatic carbocycles. The number of hydrogen-bond acceptors (Lipinski definition) is 3. The first-order valence-corrected chi connectivity index (χ1v) is 10.0. The van der Waals surface area contributed by atoms with Gasteiger partial charge in [-0.05, 0) is 31.0 Å². The standard InChI is InChI=1S/C20H30ClN3O2/c1-3-5-6-8-19(25)22-17-15-16(21)9-10-18(17)23-11-13-24(14-12-23)20(26)7-4-2/h9-10,15H,3-8,11-14H2,1-2H3,(H,22,25). The Morgan fingerprint density at radius 2 is 1.77 bits per heavy atom. The van der Waals surface area contributed by atoms with Crippen LogP contribution in [0.25, 0.3) is 0 Å². The van der Waals surface area contributed by atoms with E-state index in [1.54, 1.807) is 0 Å². The Bertz CT molecular complexity index is 613. The van der Waals surface area contributed by atoms with Crippen LogP contribution < -0.4 is 10.2 Å². The fraction of sp³-hybridized carbons (Fsp3) is 0.600. The van der Waals surface area contributed by atoms with Crippen molar-refractivity contribution in [3.8, 4) is 0 Å². The molecule has 1 aliphatic rings. The van der Waals surface area contributed by atoms with Crippen LogP contribution in [0.3, 0.4) is 0 Å². The van der Waals surface area contributed by atoms with E-state index < -0.39 is 0 Å². The van der Waals surface area contributed by atoms with Crippen molar-refractivity contribution >= 4 is 34.8 Å². The lowest BCUT2D eigenvalue weighted by Gasteiger charge is -2.37. The Kier molecular flexibility index (Phi) is 8.23. The maximum absolute atomic E-state index is 12.2. The van der Waals surface area contributed by atoms with Crippen molar-refractivity contribution in [3.63, 3.8) is 0 Å². The van der Waals surface area contributed by atoms with E-state index in [-0.39, 0.29) is 11.8 Å². The summed E-state index contributed by atoms with van der Waals surface area (Å²) in [5.74, 6) is 0.256. The van der Waals surface area contributed by atoms with E-state index in [1.165, 1.54) is 0 Å². The van der Waals surface area contributed by atoms with Crippen LogP contribution in [0.15, 0.2) is 18.2 Å². The maximum Gasteiger partial charge on any atom is 0.224 e. The van der Waals surface area contributed by atoms with Gasteiger partial charge in [0.05, 0.1) is 11.4 Å². The van der Waals surface area contributed by atoms with Gasteiger partial charge in [0.2, 0.25) is 11.8 Å². The number of unbranched alkanes of at least 4 members (excludes halogenated alkanes) is 2. The Balaban J connectivity index is 2.01. The van der Waals surface area contributed by atoms with Crippen LogP contribution in [0, 0.1) is 0 Å². The second-order valence-electron chi connectivity index (χ2n) is 6.78. The molecule has 5 nitrogen and oxygen atoms in total. The van der Waals surface area contributed by atoms with Gasteiger partial charge in [-0.2, -0.15) is 0 Å². The van der Waals surface area contributed by atoms with Gasteiger partial charge in [0, 0.05) is 44.0 Å². The molecule has 1 aromatic rings. The molecule has 0 unspecified atom stereocenters. The van der Waals surface area contributed by atoms with Gasteiger partial charge in [-0.15, -0.1) is 0 Å². The molecule has 1 saturated heterocycles. The SMILES string of the molecule is CCCCCC(=O)Nc1cc(Cl)ccc1N1CCN(C(=O)CCC)CC1. The summed E-state index contributed by atoms with van der Waals surface area (Å²) in [6.45, 7) is 7.09. The highest BCUT2D eigenvalue weighted by molar-refractivity contribution is 6.31. The van der Waals surface area contributed by atoms with E-state index in [9.17, 15) is 9.59 Å². The fourth-order valence-electron chi connectivity index (χ4n) is 3.20. The van der Waals surface area contributed by atoms with Crippen molar-refractivity contribution in [3.05, 3.63) is 23.2 Å². The molecule has 2 rings (SSSR count). The third kappa shape index (κ3) is 5.90. The summed E-state index contributed by atoms with van der Waals surface area (Å²) >= 11 is 6.14. The van der Waals surface area contributed by atoms with Crippen LogP contribution in [-0.4, -0.2) is 42.9 Å². The van der Waals surface area contributed by atoms with E-state index >= 15 is 0 Å². The number of carbonyl (C=O) groups excluding carboxylic acids is 2. The number of benzene rings is 1. The fourth-order valence-corrected chi connectivity index (χ4v) is 3.37. The zero-order valence-corrected chi connectivity index (χ0v) is 16.6. The number of nitrogens with one attached hydrogen (secondary N) is 1. The molecule has 0 bridgehead atoms. The maximum atomic E-state index is 12.2. The lowest BCUT2D eigenvalue weighted by molar-refractivity contribution is -0.131. The predicted octanol–water partition coefficient (Wildman–Crippen LogP) is 4.31. The predicted molar refractivity (Wildman–Crippen MR) is 108 cm³/mol. The van der Waals surface area contributed by atoms with E-state index in [4.69, 9.17) is 11.6 Å². The summed E-state index contributed by atoms with van der Waals surface area (Å²) in [7, 11) is 0. The van der Waals surface area contributed by atoms with Gasteiger partial charge in [-0.1, -0.05) is 38.3 Å². The summed E-state index contributed by atoms with van der Waals surface area (Å²) in [5, 5.41) is 3.62. The highest BCUT2D eigenvalue weighted by atomic mass is 35.5. The van der Waals surface area contributed by atoms with Gasteiger partial charge >= 0.3 is 0 Å². The smallest absolute Gasteiger partial charge is 0.224 e. The molecule has 0 radical (unpaired) electrons. The molecule has 144 valence electrons. The van der Waals surface area contributed by atoms with Crippen molar-refractivity contribution in [1.29, 1.82) is 0 Å². The second kappa shape index (κ2) is 10.4. The van der Waals surface area contributed by atoms with E-state index in [2.05, 4.69) is 17.1 Å². The summed E-state index contributed by atoms with van der Waals surface area (Å²) in [6.07, 6.45) is 5.07. The first-order chi connectivity index (χ1) is 12.5. The molecule has 0 aromatic heterocycles. The number of nitrogens with zero attached hydrogens (tertiary/aromatic N) is 2. The van der Waals surface area contributed by atoms with Gasteiger partial charge in [0.15, 0.2) is 0 Å². The molecule has 1 aromatic carbocycles. The zero-order valence-electron chi connectivity index (χ0n) is 15.9. The summed E-state index contributed by atoms with van der Waals surface area (Å²) < 4.78 is 0. The van der Waals surface area contributed by atoms with Crippen molar-refractivity contribution in [1.82, 2.24) is 4.90 Å². The number of hydrogen-bond donors (Lipinski definition) is 1. The average molecular weight is 380 g/mol. The van der Waals surface area contributed by atoms with Gasteiger partial charge < -0.3 is 15.1 Å². The van der Waals surface area contributed by atoms with Crippen molar-refractivity contribution in [2.45, 2.75) is 52.4 Å². The molecule has 0 saturated carbocycles. The van der Waals surface area contributed by atoms with Gasteiger partial charge in [0.25, 0.3) is 0 Å². The molecule has 0 spiro atoms. The zero-order chi connectivity index (χ0) is 18.9. The normalized spacial score (nSPS) is 14.4. The van der Waals surface area contributed by atoms with Crippen molar-refractivity contribution in [2.75, 3.05) is 36.4 Å². The largest absolute Gasteiger partial charge is 0.366 e. The summed E-state index contributed by atoms with van der Waals surface area (Å²) in [4.78, 5) is 28.4. The molecule has 0 atom stereocenters. The van der Waals surface area contributed by atoms with Crippen LogP contribution in [0.5, 0.6) is 0 Å². The third-order valence-electron chi connectivity index (χ3n) is 4.68. The average Bonchev–Trinajstić information content (AvgIpc) is 2.62. The van der Waals surface area contributed by atoms with E-state index in [0.29, 0.717) is 31.0 Å². The van der Waals surface area contributed by atoms with Gasteiger partial charge in [0.1, 0.15) is 0 Å². The highest BCUT2D eigenvalue weighted by Crippen LogP contribution is 2.30. The molecular formula is C20H30ClN3O2. The molecule has 1 aliphatic heterocycles. The number of piperazine rings is 1. The van der Waals surface area contributed by atoms with Crippen molar-refractivity contribution < 1.29 is 9.59 Å². The van der Waals surface area contributed by atoms with Crippen molar-refractivity contribution in [2.24, 2.45) is 0 Å². The highest BCUT2D eigenvalue weighted by Gasteiger charge is 2.22. The molecule has 1 N–H and O–H groups in total. The van der Waals surface area contributed by atoms with E-state index in [0.717, 1.165) is 50.1 Å². The Morgan fingerprint density at radius 1 is 1.04 bits per heavy atom. The topological polar surface area (TPSA) is 52.7 Å². The molecular weight excluding hydrogens is 350 g/mol. The minimum Gasteiger partial charge on any atom is -0.366 e. The molecule has 2 amide bonds. The molecule has 1 heterocycles. The van der Waals surface area contributed by atoms with Crippen LogP contribution in [0.2, 0.25) is 5.02 Å². The Labute approximate surface area is 161 Å². The first-order valence-electron chi connectivity index (χ1n) is 9.67. The summed E-state index contributed by atoms with van der Waals surface area (Å²) in [6, 6.07) is 5.61. The van der Waals surface area contributed by atoms with Crippen LogP contribution >= 0.6 is 11.6 Å². The number of amides is 2. The lowest BCUT2D eigenvalue weighted by atomic mass is 10.1. The lowest BCUT2D eigenvalue weighted by Crippen LogP contribution is -2.48. The quantitative estimate of drug-likeness (QED) is 0.685. The molecule has 26 heavy (non-hydrogen) atoms. The first kappa shape index (κ1) is 20.6. The second-order valence-corrected chi connectivity index (χ2v) is 7.22. The minimum atomic E-state index is 0.0266. The van der Waals surface area contributed by atoms with Gasteiger partial charge in [-0.3, -0.25) is 9.59 Å². The van der Waals surface area contributed by atoms with Crippen LogP contribution in [0.4, 0.5) is 11.4 Å². The number of halogens is 1. The summed E-state index contributed by atoms with van der Waals surface area (Å²) in [5.41, 5.74) is 1.73. The Morgan fingerprint density at radius 3 is 2.42 bits per heavy atom. The number of rotatable bonds is 8. The Hall–Kier alpha value is -1.75. The monoisotopic (exact) mass is 379 g/mol. The minimum absolute atomic E-state index is 0.0266. The van der Waals surface area contributed by atoms with Crippen LogP contribution in [-0.2, 0) is 9.59 Å².